The van der Waals surface area contributed by atoms with E-state index in [1.54, 1.807) is 6.21 Å². The summed E-state index contributed by atoms with van der Waals surface area (Å²) in [5.74, 6) is 0.333. The summed E-state index contributed by atoms with van der Waals surface area (Å²) in [5.41, 5.74) is 4.06. The van der Waals surface area contributed by atoms with Gasteiger partial charge in [0.25, 0.3) is 0 Å². The Morgan fingerprint density at radius 1 is 0.722 bits per heavy atom. The van der Waals surface area contributed by atoms with Gasteiger partial charge < -0.3 is 0 Å². The molecule has 3 rings (SSSR count). The van der Waals surface area contributed by atoms with Gasteiger partial charge in [0.1, 0.15) is 0 Å². The van der Waals surface area contributed by atoms with Crippen LogP contribution in [0.4, 0.5) is 0 Å². The number of nitrogens with one attached hydrogen (secondary N) is 1. The fourth-order valence-corrected chi connectivity index (χ4v) is 2.12. The first-order valence-corrected chi connectivity index (χ1v) is 5.84. The van der Waals surface area contributed by atoms with Crippen molar-refractivity contribution in [2.75, 3.05) is 0 Å². The van der Waals surface area contributed by atoms with E-state index in [-0.39, 0.29) is 0 Å². The van der Waals surface area contributed by atoms with Crippen molar-refractivity contribution >= 4 is 23.2 Å². The number of hydrogen-bond acceptors (Lipinski definition) is 1. The Morgan fingerprint density at radius 2 is 1.28 bits per heavy atom. The molecular weight excluding hydrogens is 220 g/mol. The average Bonchev–Trinajstić information content (AvgIpc) is 2.83. The van der Waals surface area contributed by atoms with Gasteiger partial charge >= 0.3 is 0 Å². The Labute approximate surface area is 106 Å². The summed E-state index contributed by atoms with van der Waals surface area (Å²) < 4.78 is 0. The summed E-state index contributed by atoms with van der Waals surface area (Å²) in [7, 11) is 0. The average molecular weight is 232 g/mol. The quantitative estimate of drug-likeness (QED) is 0.820. The molecule has 2 aromatic carbocycles. The van der Waals surface area contributed by atoms with Gasteiger partial charge in [-0.3, -0.25) is 5.41 Å². The maximum absolute atomic E-state index is 7.97. The summed E-state index contributed by atoms with van der Waals surface area (Å²) in [5, 5.41) is 7.97. The fraction of sp³-hybridized carbons (Fsp3) is 0. The summed E-state index contributed by atoms with van der Waals surface area (Å²) in [6.45, 7) is 0. The molecule has 1 aliphatic rings. The molecule has 2 aromatic rings. The van der Waals surface area contributed by atoms with E-state index in [0.717, 1.165) is 22.3 Å². The van der Waals surface area contributed by atoms with Crippen LogP contribution in [-0.2, 0) is 0 Å². The van der Waals surface area contributed by atoms with Crippen LogP contribution in [0.3, 0.4) is 0 Å². The molecule has 0 atom stereocenters. The Hall–Kier alpha value is -2.48. The van der Waals surface area contributed by atoms with E-state index < -0.39 is 0 Å². The zero-order valence-electron chi connectivity index (χ0n) is 9.80. The Bertz CT molecular complexity index is 596. The maximum atomic E-state index is 7.97. The molecule has 0 bridgehead atoms. The highest BCUT2D eigenvalue weighted by molar-refractivity contribution is 6.43. The van der Waals surface area contributed by atoms with Gasteiger partial charge in [-0.05, 0) is 11.1 Å². The van der Waals surface area contributed by atoms with Gasteiger partial charge in [0.05, 0.1) is 0 Å². The van der Waals surface area contributed by atoms with Gasteiger partial charge in [-0.1, -0.05) is 60.7 Å². The van der Waals surface area contributed by atoms with Crippen molar-refractivity contribution in [1.82, 2.24) is 0 Å². The van der Waals surface area contributed by atoms with E-state index >= 15 is 0 Å². The van der Waals surface area contributed by atoms with Gasteiger partial charge in [0.15, 0.2) is 5.84 Å². The van der Waals surface area contributed by atoms with Gasteiger partial charge in [0.2, 0.25) is 0 Å². The second-order valence-corrected chi connectivity index (χ2v) is 4.13. The number of benzene rings is 2. The topological polar surface area (TPSA) is 36.2 Å². The van der Waals surface area contributed by atoms with Crippen molar-refractivity contribution in [3.63, 3.8) is 0 Å². The van der Waals surface area contributed by atoms with Crippen molar-refractivity contribution < 1.29 is 0 Å². The Kier molecular flexibility index (Phi) is 2.61. The Morgan fingerprint density at radius 3 is 1.89 bits per heavy atom. The van der Waals surface area contributed by atoms with Crippen molar-refractivity contribution in [1.29, 1.82) is 5.41 Å². The number of hydrogen-bond donors (Lipinski definition) is 1. The molecular formula is C16H12N2. The molecule has 0 spiro atoms. The molecule has 86 valence electrons. The first-order chi connectivity index (χ1) is 8.86. The highest BCUT2D eigenvalue weighted by Gasteiger charge is 2.18. The smallest absolute Gasteiger partial charge is 0.153 e. The monoisotopic (exact) mass is 232 g/mol. The third-order valence-corrected chi connectivity index (χ3v) is 2.98. The Balaban J connectivity index is 2.18. The minimum atomic E-state index is 0.333. The first kappa shape index (κ1) is 10.7. The number of nitrogens with zero attached hydrogens (tertiary/aromatic N) is 1. The highest BCUT2D eigenvalue weighted by atomic mass is 14.8. The fourth-order valence-electron chi connectivity index (χ4n) is 2.12. The molecule has 0 fully saturated rings. The summed E-state index contributed by atoms with van der Waals surface area (Å²) in [4.78, 5) is 4.14. The van der Waals surface area contributed by atoms with Crippen LogP contribution in [0.15, 0.2) is 65.7 Å². The van der Waals surface area contributed by atoms with Gasteiger partial charge in [-0.25, -0.2) is 4.99 Å². The summed E-state index contributed by atoms with van der Waals surface area (Å²) in [6.07, 6.45) is 1.78. The van der Waals surface area contributed by atoms with E-state index in [9.17, 15) is 0 Å². The lowest BCUT2D eigenvalue weighted by Gasteiger charge is -2.06. The van der Waals surface area contributed by atoms with E-state index in [1.807, 2.05) is 60.7 Å². The minimum Gasteiger partial charge on any atom is -0.282 e. The first-order valence-electron chi connectivity index (χ1n) is 5.84. The lowest BCUT2D eigenvalue weighted by atomic mass is 9.96. The predicted molar refractivity (Wildman–Crippen MR) is 75.9 cm³/mol. The highest BCUT2D eigenvalue weighted by Crippen LogP contribution is 2.30. The van der Waals surface area contributed by atoms with E-state index in [2.05, 4.69) is 4.99 Å². The van der Waals surface area contributed by atoms with Crippen molar-refractivity contribution in [2.24, 2.45) is 4.99 Å². The lowest BCUT2D eigenvalue weighted by Crippen LogP contribution is -1.95. The summed E-state index contributed by atoms with van der Waals surface area (Å²) >= 11 is 0. The van der Waals surface area contributed by atoms with Gasteiger partial charge in [-0.2, -0.15) is 0 Å². The lowest BCUT2D eigenvalue weighted by molar-refractivity contribution is 1.47. The van der Waals surface area contributed by atoms with Crippen LogP contribution >= 0.6 is 0 Å². The number of amidine groups is 1. The molecule has 2 nitrogen and oxygen atoms in total. The molecule has 0 unspecified atom stereocenters. The zero-order valence-corrected chi connectivity index (χ0v) is 9.80. The van der Waals surface area contributed by atoms with E-state index in [0.29, 0.717) is 5.84 Å². The molecule has 18 heavy (non-hydrogen) atoms. The van der Waals surface area contributed by atoms with Gasteiger partial charge in [-0.15, -0.1) is 0 Å². The van der Waals surface area contributed by atoms with Gasteiger partial charge in [0, 0.05) is 17.4 Å². The normalized spacial score (nSPS) is 14.3. The molecule has 1 aliphatic heterocycles. The molecule has 0 aromatic heterocycles. The largest absolute Gasteiger partial charge is 0.282 e. The standard InChI is InChI=1S/C16H12N2/c17-16-15(13-9-5-2-6-10-13)14(11-18-16)12-7-3-1-4-8-12/h1-11,17H. The second kappa shape index (κ2) is 4.41. The maximum Gasteiger partial charge on any atom is 0.153 e. The van der Waals surface area contributed by atoms with Crippen LogP contribution in [-0.4, -0.2) is 12.1 Å². The molecule has 1 N–H and O–H groups in total. The van der Waals surface area contributed by atoms with Crippen LogP contribution in [0.1, 0.15) is 11.1 Å². The van der Waals surface area contributed by atoms with Crippen LogP contribution in [0.5, 0.6) is 0 Å². The third-order valence-electron chi connectivity index (χ3n) is 2.98. The summed E-state index contributed by atoms with van der Waals surface area (Å²) in [6, 6.07) is 20.1. The predicted octanol–water partition coefficient (Wildman–Crippen LogP) is 3.66. The number of allylic oxidation sites excluding steroid dienone is 1. The molecule has 0 saturated heterocycles. The number of rotatable bonds is 2. The van der Waals surface area contributed by atoms with Crippen LogP contribution < -0.4 is 0 Å². The van der Waals surface area contributed by atoms with Crippen LogP contribution in [0, 0.1) is 5.41 Å². The van der Waals surface area contributed by atoms with Crippen molar-refractivity contribution in [2.45, 2.75) is 0 Å². The third kappa shape index (κ3) is 1.78. The second-order valence-electron chi connectivity index (χ2n) is 4.13. The number of aliphatic imine (C=N–C) groups is 1. The molecule has 1 heterocycles. The van der Waals surface area contributed by atoms with Crippen LogP contribution in [0.2, 0.25) is 0 Å². The molecule has 2 heteroatoms. The van der Waals surface area contributed by atoms with Crippen molar-refractivity contribution in [3.8, 4) is 0 Å². The SMILES string of the molecule is N=C1N=CC(c2ccccc2)=C1c1ccccc1. The van der Waals surface area contributed by atoms with E-state index in [4.69, 9.17) is 5.41 Å². The minimum absolute atomic E-state index is 0.333. The van der Waals surface area contributed by atoms with Crippen molar-refractivity contribution in [3.05, 3.63) is 71.8 Å². The molecule has 0 saturated carbocycles. The van der Waals surface area contributed by atoms with E-state index in [1.165, 1.54) is 0 Å². The van der Waals surface area contributed by atoms with Crippen LogP contribution in [0.25, 0.3) is 11.1 Å². The molecule has 0 amide bonds. The zero-order chi connectivity index (χ0) is 12.4. The molecule has 0 aliphatic carbocycles. The molecule has 0 radical (unpaired) electrons.